The highest BCUT2D eigenvalue weighted by Gasteiger charge is 2.25. The van der Waals surface area contributed by atoms with Crippen molar-refractivity contribution in [2.75, 3.05) is 7.11 Å². The van der Waals surface area contributed by atoms with Crippen LogP contribution in [0.4, 0.5) is 0 Å². The van der Waals surface area contributed by atoms with Gasteiger partial charge in [-0.2, -0.15) is 0 Å². The van der Waals surface area contributed by atoms with E-state index in [-0.39, 0.29) is 16.6 Å². The second-order valence-corrected chi connectivity index (χ2v) is 8.38. The van der Waals surface area contributed by atoms with Crippen molar-refractivity contribution in [2.24, 2.45) is 10.8 Å². The minimum Gasteiger partial charge on any atom is -0.497 e. The Labute approximate surface area is 138 Å². The van der Waals surface area contributed by atoms with Crippen molar-refractivity contribution < 1.29 is 9.53 Å². The summed E-state index contributed by atoms with van der Waals surface area (Å²) in [5.41, 5.74) is 1.61. The van der Waals surface area contributed by atoms with E-state index >= 15 is 0 Å². The Morgan fingerprint density at radius 3 is 2.35 bits per heavy atom. The summed E-state index contributed by atoms with van der Waals surface area (Å²) in [6.45, 7) is 12.8. The Morgan fingerprint density at radius 2 is 1.83 bits per heavy atom. The maximum Gasteiger partial charge on any atom is 0.157 e. The molecule has 0 atom stereocenters. The highest BCUT2D eigenvalue weighted by atomic mass is 16.5. The highest BCUT2D eigenvalue weighted by molar-refractivity contribution is 5.86. The molecule has 126 valence electrons. The summed E-state index contributed by atoms with van der Waals surface area (Å²) in [5, 5.41) is 0. The summed E-state index contributed by atoms with van der Waals surface area (Å²) in [4.78, 5) is 17.3. The van der Waals surface area contributed by atoms with Crippen LogP contribution in [0.1, 0.15) is 47.4 Å². The standard InChI is InChI=1S/C19H28N2O2/c1-18(2,3)11-17-20-14-10-13(23-7)8-9-15(14)21(17)12-16(22)19(4,5)6/h8-10H,11-12H2,1-7H3. The molecule has 0 aliphatic heterocycles. The molecule has 0 fully saturated rings. The van der Waals surface area contributed by atoms with Gasteiger partial charge in [0.2, 0.25) is 0 Å². The first kappa shape index (κ1) is 17.5. The molecule has 0 amide bonds. The molecule has 0 aliphatic rings. The lowest BCUT2D eigenvalue weighted by molar-refractivity contribution is -0.126. The Balaban J connectivity index is 2.53. The van der Waals surface area contributed by atoms with Gasteiger partial charge in [0.25, 0.3) is 0 Å². The van der Waals surface area contributed by atoms with E-state index in [1.54, 1.807) is 7.11 Å². The van der Waals surface area contributed by atoms with Crippen LogP contribution in [-0.2, 0) is 17.8 Å². The lowest BCUT2D eigenvalue weighted by atomic mass is 9.90. The number of carbonyl (C=O) groups is 1. The number of imidazole rings is 1. The first-order valence-electron chi connectivity index (χ1n) is 8.08. The van der Waals surface area contributed by atoms with Crippen molar-refractivity contribution in [2.45, 2.75) is 54.5 Å². The fraction of sp³-hybridized carbons (Fsp3) is 0.579. The average molecular weight is 316 g/mol. The fourth-order valence-electron chi connectivity index (χ4n) is 2.45. The zero-order valence-electron chi connectivity index (χ0n) is 15.4. The minimum atomic E-state index is -0.359. The summed E-state index contributed by atoms with van der Waals surface area (Å²) in [6.07, 6.45) is 0.821. The van der Waals surface area contributed by atoms with E-state index in [0.29, 0.717) is 6.54 Å². The van der Waals surface area contributed by atoms with Crippen molar-refractivity contribution >= 4 is 16.8 Å². The van der Waals surface area contributed by atoms with Gasteiger partial charge in [-0.3, -0.25) is 4.79 Å². The number of carbonyl (C=O) groups excluding carboxylic acids is 1. The topological polar surface area (TPSA) is 44.1 Å². The molecule has 0 spiro atoms. The van der Waals surface area contributed by atoms with Crippen molar-refractivity contribution in [3.63, 3.8) is 0 Å². The summed E-state index contributed by atoms with van der Waals surface area (Å²) in [7, 11) is 1.65. The van der Waals surface area contributed by atoms with E-state index in [1.807, 2.05) is 39.0 Å². The number of benzene rings is 1. The SMILES string of the molecule is COc1ccc2c(c1)nc(CC(C)(C)C)n2CC(=O)C(C)(C)C. The smallest absolute Gasteiger partial charge is 0.157 e. The highest BCUT2D eigenvalue weighted by Crippen LogP contribution is 2.27. The summed E-state index contributed by atoms with van der Waals surface area (Å²) >= 11 is 0. The van der Waals surface area contributed by atoms with Crippen molar-refractivity contribution in [1.29, 1.82) is 0 Å². The molecule has 0 N–H and O–H groups in total. The van der Waals surface area contributed by atoms with Crippen molar-refractivity contribution in [3.05, 3.63) is 24.0 Å². The lowest BCUT2D eigenvalue weighted by Crippen LogP contribution is -2.26. The Hall–Kier alpha value is -1.84. The van der Waals surface area contributed by atoms with Gasteiger partial charge in [0.15, 0.2) is 5.78 Å². The number of hydrogen-bond acceptors (Lipinski definition) is 3. The van der Waals surface area contributed by atoms with Crippen molar-refractivity contribution in [3.8, 4) is 5.75 Å². The number of ketones is 1. The van der Waals surface area contributed by atoms with Gasteiger partial charge in [-0.05, 0) is 17.5 Å². The molecule has 23 heavy (non-hydrogen) atoms. The quantitative estimate of drug-likeness (QED) is 0.847. The van der Waals surface area contributed by atoms with E-state index in [0.717, 1.165) is 29.0 Å². The third kappa shape index (κ3) is 4.12. The zero-order chi connectivity index (χ0) is 17.4. The summed E-state index contributed by atoms with van der Waals surface area (Å²) in [5.74, 6) is 1.95. The number of fused-ring (bicyclic) bond motifs is 1. The Morgan fingerprint density at radius 1 is 1.17 bits per heavy atom. The number of methoxy groups -OCH3 is 1. The molecule has 4 nitrogen and oxygen atoms in total. The first-order valence-corrected chi connectivity index (χ1v) is 8.08. The second-order valence-electron chi connectivity index (χ2n) is 8.38. The van der Waals surface area contributed by atoms with Crippen LogP contribution < -0.4 is 4.74 Å². The van der Waals surface area contributed by atoms with E-state index in [9.17, 15) is 4.79 Å². The van der Waals surface area contributed by atoms with Gasteiger partial charge < -0.3 is 9.30 Å². The van der Waals surface area contributed by atoms with E-state index < -0.39 is 0 Å². The van der Waals surface area contributed by atoms with Gasteiger partial charge in [0, 0.05) is 17.9 Å². The Kier molecular flexibility index (Phi) is 4.56. The van der Waals surface area contributed by atoms with E-state index in [4.69, 9.17) is 9.72 Å². The summed E-state index contributed by atoms with van der Waals surface area (Å²) < 4.78 is 7.35. The molecule has 2 rings (SSSR count). The largest absolute Gasteiger partial charge is 0.497 e. The molecular weight excluding hydrogens is 288 g/mol. The lowest BCUT2D eigenvalue weighted by Gasteiger charge is -2.21. The van der Waals surface area contributed by atoms with Crippen LogP contribution >= 0.6 is 0 Å². The molecule has 0 aliphatic carbocycles. The van der Waals surface area contributed by atoms with Crippen LogP contribution in [0.5, 0.6) is 5.75 Å². The number of hydrogen-bond donors (Lipinski definition) is 0. The number of aromatic nitrogens is 2. The van der Waals surface area contributed by atoms with E-state index in [1.165, 1.54) is 0 Å². The van der Waals surface area contributed by atoms with Crippen LogP contribution in [0.2, 0.25) is 0 Å². The Bertz CT molecular complexity index is 715. The van der Waals surface area contributed by atoms with Gasteiger partial charge in [0.05, 0.1) is 24.7 Å². The van der Waals surface area contributed by atoms with Crippen LogP contribution in [0, 0.1) is 10.8 Å². The van der Waals surface area contributed by atoms with Gasteiger partial charge in [-0.25, -0.2) is 4.98 Å². The maximum atomic E-state index is 12.5. The van der Waals surface area contributed by atoms with Gasteiger partial charge >= 0.3 is 0 Å². The third-order valence-corrected chi connectivity index (χ3v) is 3.86. The normalized spacial score (nSPS) is 12.7. The van der Waals surface area contributed by atoms with Crippen LogP contribution in [0.3, 0.4) is 0 Å². The van der Waals surface area contributed by atoms with Gasteiger partial charge in [-0.15, -0.1) is 0 Å². The molecule has 0 radical (unpaired) electrons. The first-order chi connectivity index (χ1) is 10.5. The maximum absolute atomic E-state index is 12.5. The zero-order valence-corrected chi connectivity index (χ0v) is 15.4. The summed E-state index contributed by atoms with van der Waals surface area (Å²) in [6, 6.07) is 5.84. The fourth-order valence-corrected chi connectivity index (χ4v) is 2.45. The molecule has 0 bridgehead atoms. The minimum absolute atomic E-state index is 0.105. The predicted molar refractivity (Wildman–Crippen MR) is 93.9 cm³/mol. The number of nitrogens with zero attached hydrogens (tertiary/aromatic N) is 2. The average Bonchev–Trinajstić information content (AvgIpc) is 2.72. The van der Waals surface area contributed by atoms with Crippen LogP contribution in [0.25, 0.3) is 11.0 Å². The molecular formula is C19H28N2O2. The van der Waals surface area contributed by atoms with Crippen LogP contribution in [-0.4, -0.2) is 22.4 Å². The number of Topliss-reactive ketones (excluding diaryl/α,β-unsaturated/α-hetero) is 1. The molecule has 1 aromatic carbocycles. The van der Waals surface area contributed by atoms with E-state index in [2.05, 4.69) is 25.3 Å². The van der Waals surface area contributed by atoms with Gasteiger partial charge in [0.1, 0.15) is 11.6 Å². The molecule has 4 heteroatoms. The van der Waals surface area contributed by atoms with Crippen molar-refractivity contribution in [1.82, 2.24) is 9.55 Å². The molecule has 0 saturated heterocycles. The third-order valence-electron chi connectivity index (χ3n) is 3.86. The predicted octanol–water partition coefficient (Wildman–Crippen LogP) is 4.25. The molecule has 1 aromatic heterocycles. The molecule has 0 unspecified atom stereocenters. The molecule has 0 saturated carbocycles. The van der Waals surface area contributed by atoms with Crippen LogP contribution in [0.15, 0.2) is 18.2 Å². The number of ether oxygens (including phenoxy) is 1. The molecule has 2 aromatic rings. The molecule has 1 heterocycles. The second kappa shape index (κ2) is 5.99. The number of rotatable bonds is 4. The van der Waals surface area contributed by atoms with Gasteiger partial charge in [-0.1, -0.05) is 41.5 Å². The monoisotopic (exact) mass is 316 g/mol.